The van der Waals surface area contributed by atoms with E-state index < -0.39 is 5.91 Å². The molecule has 106 valence electrons. The molecule has 4 nitrogen and oxygen atoms in total. The number of nitrogens with zero attached hydrogens (tertiary/aromatic N) is 2. The van der Waals surface area contributed by atoms with Crippen LogP contribution in [-0.4, -0.2) is 10.5 Å². The first-order valence-electron chi connectivity index (χ1n) is 6.00. The van der Waals surface area contributed by atoms with Gasteiger partial charge in [-0.25, -0.2) is 0 Å². The van der Waals surface area contributed by atoms with Crippen LogP contribution in [0, 0.1) is 11.3 Å². The third kappa shape index (κ3) is 3.88. The Kier molecular flexibility index (Phi) is 4.69. The van der Waals surface area contributed by atoms with E-state index in [9.17, 15) is 4.79 Å². The van der Waals surface area contributed by atoms with Crippen molar-refractivity contribution in [3.8, 4) is 6.07 Å². The normalized spacial score (nSPS) is 11.0. The van der Waals surface area contributed by atoms with Crippen LogP contribution in [0.1, 0.15) is 5.56 Å². The Morgan fingerprint density at radius 3 is 2.67 bits per heavy atom. The average molecular weight is 320 g/mol. The van der Waals surface area contributed by atoms with Crippen molar-refractivity contribution in [2.75, 3.05) is 5.32 Å². The number of benzene rings is 1. The molecule has 0 radical (unpaired) electrons. The second kappa shape index (κ2) is 6.49. The first kappa shape index (κ1) is 15.2. The minimum Gasteiger partial charge on any atom is -0.357 e. The lowest BCUT2D eigenvalue weighted by Crippen LogP contribution is -2.13. The second-order valence-electron chi connectivity index (χ2n) is 4.36. The summed E-state index contributed by atoms with van der Waals surface area (Å²) in [4.78, 5) is 12.1. The lowest BCUT2D eigenvalue weighted by molar-refractivity contribution is -0.112. The molecule has 1 heterocycles. The molecule has 0 saturated heterocycles. The molecule has 1 aromatic carbocycles. The van der Waals surface area contributed by atoms with Gasteiger partial charge in [0.25, 0.3) is 5.91 Å². The molecule has 0 spiro atoms. The molecule has 0 atom stereocenters. The topological polar surface area (TPSA) is 57.8 Å². The van der Waals surface area contributed by atoms with E-state index in [1.165, 1.54) is 12.1 Å². The Balaban J connectivity index is 2.19. The third-order valence-corrected chi connectivity index (χ3v) is 3.45. The summed E-state index contributed by atoms with van der Waals surface area (Å²) >= 11 is 11.7. The van der Waals surface area contributed by atoms with Gasteiger partial charge in [-0.2, -0.15) is 5.26 Å². The standard InChI is InChI=1S/C15H11Cl2N3O/c1-20-5-4-10(9-20)6-11(8-18)15(21)19-12-2-3-13(16)14(17)7-12/h2-7,9H,1H3,(H,19,21)/b11-6+. The molecule has 1 amide bonds. The van der Waals surface area contributed by atoms with Crippen molar-refractivity contribution < 1.29 is 4.79 Å². The van der Waals surface area contributed by atoms with Crippen molar-refractivity contribution in [2.45, 2.75) is 0 Å². The highest BCUT2D eigenvalue weighted by Gasteiger charge is 2.10. The van der Waals surface area contributed by atoms with E-state index in [-0.39, 0.29) is 5.57 Å². The average Bonchev–Trinajstić information content (AvgIpc) is 2.85. The van der Waals surface area contributed by atoms with Crippen LogP contribution < -0.4 is 5.32 Å². The molecule has 0 aliphatic carbocycles. The highest BCUT2D eigenvalue weighted by atomic mass is 35.5. The van der Waals surface area contributed by atoms with Gasteiger partial charge >= 0.3 is 0 Å². The summed E-state index contributed by atoms with van der Waals surface area (Å²) in [5.74, 6) is -0.500. The van der Waals surface area contributed by atoms with Gasteiger partial charge in [0, 0.05) is 25.1 Å². The molecule has 0 unspecified atom stereocenters. The van der Waals surface area contributed by atoms with Gasteiger partial charge in [0.15, 0.2) is 0 Å². The number of hydrogen-bond donors (Lipinski definition) is 1. The summed E-state index contributed by atoms with van der Waals surface area (Å²) < 4.78 is 1.83. The van der Waals surface area contributed by atoms with Crippen LogP contribution in [0.2, 0.25) is 10.0 Å². The Bertz CT molecular complexity index is 757. The predicted octanol–water partition coefficient (Wildman–Crippen LogP) is 3.88. The zero-order chi connectivity index (χ0) is 15.4. The van der Waals surface area contributed by atoms with Crippen LogP contribution in [0.5, 0.6) is 0 Å². The van der Waals surface area contributed by atoms with Crippen LogP contribution in [0.15, 0.2) is 42.2 Å². The van der Waals surface area contributed by atoms with E-state index in [0.29, 0.717) is 15.7 Å². The summed E-state index contributed by atoms with van der Waals surface area (Å²) in [7, 11) is 1.86. The molecule has 0 aliphatic rings. The number of carbonyl (C=O) groups is 1. The zero-order valence-electron chi connectivity index (χ0n) is 11.1. The SMILES string of the molecule is Cn1ccc(/C=C(\C#N)C(=O)Nc2ccc(Cl)c(Cl)c2)c1. The third-order valence-electron chi connectivity index (χ3n) is 2.71. The van der Waals surface area contributed by atoms with Crippen LogP contribution in [0.4, 0.5) is 5.69 Å². The molecule has 0 aliphatic heterocycles. The fourth-order valence-electron chi connectivity index (χ4n) is 1.70. The van der Waals surface area contributed by atoms with E-state index in [1.807, 2.05) is 36.1 Å². The van der Waals surface area contributed by atoms with Crippen molar-refractivity contribution in [1.29, 1.82) is 5.26 Å². The lowest BCUT2D eigenvalue weighted by atomic mass is 10.2. The Morgan fingerprint density at radius 2 is 2.10 bits per heavy atom. The van der Waals surface area contributed by atoms with Crippen molar-refractivity contribution >= 4 is 40.9 Å². The number of aryl methyl sites for hydroxylation is 1. The fourth-order valence-corrected chi connectivity index (χ4v) is 2.00. The van der Waals surface area contributed by atoms with Crippen LogP contribution in [0.25, 0.3) is 6.08 Å². The molecule has 1 N–H and O–H groups in total. The van der Waals surface area contributed by atoms with E-state index >= 15 is 0 Å². The second-order valence-corrected chi connectivity index (χ2v) is 5.18. The highest BCUT2D eigenvalue weighted by molar-refractivity contribution is 6.42. The number of aromatic nitrogens is 1. The van der Waals surface area contributed by atoms with Crippen LogP contribution in [0.3, 0.4) is 0 Å². The van der Waals surface area contributed by atoms with E-state index in [4.69, 9.17) is 28.5 Å². The van der Waals surface area contributed by atoms with Gasteiger partial charge in [-0.05, 0) is 35.9 Å². The van der Waals surface area contributed by atoms with Crippen molar-refractivity contribution in [3.05, 3.63) is 57.8 Å². The van der Waals surface area contributed by atoms with Gasteiger partial charge in [0.1, 0.15) is 11.6 Å². The molecular weight excluding hydrogens is 309 g/mol. The highest BCUT2D eigenvalue weighted by Crippen LogP contribution is 2.25. The minimum absolute atomic E-state index is 0.00673. The summed E-state index contributed by atoms with van der Waals surface area (Å²) in [6, 6.07) is 8.41. The molecule has 0 saturated carbocycles. The first-order valence-corrected chi connectivity index (χ1v) is 6.75. The van der Waals surface area contributed by atoms with Crippen molar-refractivity contribution in [2.24, 2.45) is 7.05 Å². The molecule has 0 bridgehead atoms. The summed E-state index contributed by atoms with van der Waals surface area (Å²) in [5, 5.41) is 12.4. The molecule has 21 heavy (non-hydrogen) atoms. The maximum absolute atomic E-state index is 12.1. The number of halogens is 2. The summed E-state index contributed by atoms with van der Waals surface area (Å²) in [5.41, 5.74) is 1.26. The van der Waals surface area contributed by atoms with Gasteiger partial charge in [-0.15, -0.1) is 0 Å². The van der Waals surface area contributed by atoms with Crippen LogP contribution in [-0.2, 0) is 11.8 Å². The maximum atomic E-state index is 12.1. The molecule has 0 fully saturated rings. The quantitative estimate of drug-likeness (QED) is 0.689. The molecule has 6 heteroatoms. The van der Waals surface area contributed by atoms with E-state index in [1.54, 1.807) is 12.1 Å². The van der Waals surface area contributed by atoms with Gasteiger partial charge in [-0.1, -0.05) is 23.2 Å². The zero-order valence-corrected chi connectivity index (χ0v) is 12.6. The number of rotatable bonds is 3. The van der Waals surface area contributed by atoms with E-state index in [2.05, 4.69) is 5.32 Å². The van der Waals surface area contributed by atoms with Gasteiger partial charge in [0.2, 0.25) is 0 Å². The van der Waals surface area contributed by atoms with Gasteiger partial charge in [-0.3, -0.25) is 4.79 Å². The number of nitrogens with one attached hydrogen (secondary N) is 1. The number of carbonyl (C=O) groups excluding carboxylic acids is 1. The number of anilines is 1. The fraction of sp³-hybridized carbons (Fsp3) is 0.0667. The van der Waals surface area contributed by atoms with Crippen molar-refractivity contribution in [3.63, 3.8) is 0 Å². The van der Waals surface area contributed by atoms with Crippen LogP contribution >= 0.6 is 23.2 Å². The summed E-state index contributed by atoms with van der Waals surface area (Å²) in [6.45, 7) is 0. The summed E-state index contributed by atoms with van der Waals surface area (Å²) in [6.07, 6.45) is 5.16. The molecular formula is C15H11Cl2N3O. The smallest absolute Gasteiger partial charge is 0.266 e. The number of nitriles is 1. The number of hydrogen-bond acceptors (Lipinski definition) is 2. The predicted molar refractivity (Wildman–Crippen MR) is 84.1 cm³/mol. The Hall–Kier alpha value is -2.22. The Labute approximate surface area is 132 Å². The first-order chi connectivity index (χ1) is 9.99. The maximum Gasteiger partial charge on any atom is 0.266 e. The Morgan fingerprint density at radius 1 is 1.33 bits per heavy atom. The monoisotopic (exact) mass is 319 g/mol. The molecule has 2 aromatic rings. The molecule has 2 rings (SSSR count). The lowest BCUT2D eigenvalue weighted by Gasteiger charge is -2.05. The number of amides is 1. The van der Waals surface area contributed by atoms with Crippen molar-refractivity contribution in [1.82, 2.24) is 4.57 Å². The van der Waals surface area contributed by atoms with Gasteiger partial charge in [0.05, 0.1) is 10.0 Å². The largest absolute Gasteiger partial charge is 0.357 e. The minimum atomic E-state index is -0.500. The van der Waals surface area contributed by atoms with Gasteiger partial charge < -0.3 is 9.88 Å². The molecule has 1 aromatic heterocycles. The van der Waals surface area contributed by atoms with E-state index in [0.717, 1.165) is 5.56 Å².